The van der Waals surface area contributed by atoms with Crippen molar-refractivity contribution in [2.75, 3.05) is 7.11 Å². The quantitative estimate of drug-likeness (QED) is 0.640. The van der Waals surface area contributed by atoms with Crippen LogP contribution in [0.5, 0.6) is 0 Å². The van der Waals surface area contributed by atoms with E-state index in [1.807, 2.05) is 54.6 Å². The number of hydrogen-bond donors (Lipinski definition) is 0. The molecule has 1 atom stereocenters. The van der Waals surface area contributed by atoms with E-state index in [-0.39, 0.29) is 12.5 Å². The molecule has 0 saturated carbocycles. The summed E-state index contributed by atoms with van der Waals surface area (Å²) < 4.78 is 4.91. The molecular formula is C20H19N5O3. The van der Waals surface area contributed by atoms with Crippen LogP contribution in [0.1, 0.15) is 11.1 Å². The number of aromatic nitrogens is 4. The number of fused-ring (bicyclic) bond motifs is 1. The molecule has 4 rings (SSSR count). The summed E-state index contributed by atoms with van der Waals surface area (Å²) >= 11 is 0. The normalized spacial score (nSPS) is 15.8. The maximum Gasteiger partial charge on any atom is 0.328 e. The predicted octanol–water partition coefficient (Wildman–Crippen LogP) is 1.47. The zero-order valence-electron chi connectivity index (χ0n) is 15.4. The first-order valence-corrected chi connectivity index (χ1v) is 8.93. The van der Waals surface area contributed by atoms with E-state index in [1.54, 1.807) is 0 Å². The topological polar surface area (TPSA) is 90.2 Å². The second-order valence-electron chi connectivity index (χ2n) is 6.54. The van der Waals surface area contributed by atoms with Gasteiger partial charge in [-0.15, -0.1) is 10.2 Å². The number of carbonyl (C=O) groups excluding carboxylic acids is 2. The fourth-order valence-corrected chi connectivity index (χ4v) is 3.36. The van der Waals surface area contributed by atoms with Crippen LogP contribution >= 0.6 is 0 Å². The summed E-state index contributed by atoms with van der Waals surface area (Å²) in [7, 11) is 1.33. The van der Waals surface area contributed by atoms with Crippen LogP contribution < -0.4 is 0 Å². The first-order chi connectivity index (χ1) is 13.7. The van der Waals surface area contributed by atoms with Crippen molar-refractivity contribution in [1.29, 1.82) is 0 Å². The number of amides is 1. The molecule has 0 radical (unpaired) electrons. The van der Waals surface area contributed by atoms with E-state index in [1.165, 1.54) is 16.8 Å². The molecule has 1 aromatic heterocycles. The number of methoxy groups -OCH3 is 1. The molecule has 142 valence electrons. The standard InChI is InChI=1S/C20H19N5O3/c1-28-20(27)17-11-15-9-5-6-10-16(15)12-24(17)18(26)13-25-22-19(21-23-25)14-7-3-2-4-8-14/h2-10,17H,11-13H2,1H3/t17-/m0/s1. The lowest BCUT2D eigenvalue weighted by Crippen LogP contribution is -2.50. The van der Waals surface area contributed by atoms with Crippen molar-refractivity contribution < 1.29 is 14.3 Å². The van der Waals surface area contributed by atoms with Gasteiger partial charge in [0.1, 0.15) is 12.6 Å². The molecular weight excluding hydrogens is 358 g/mol. The average molecular weight is 377 g/mol. The fourth-order valence-electron chi connectivity index (χ4n) is 3.36. The monoisotopic (exact) mass is 377 g/mol. The van der Waals surface area contributed by atoms with Gasteiger partial charge in [-0.25, -0.2) is 4.79 Å². The number of nitrogens with zero attached hydrogens (tertiary/aromatic N) is 5. The highest BCUT2D eigenvalue weighted by atomic mass is 16.5. The molecule has 28 heavy (non-hydrogen) atoms. The van der Waals surface area contributed by atoms with Crippen LogP contribution in [-0.2, 0) is 33.8 Å². The molecule has 8 nitrogen and oxygen atoms in total. The second kappa shape index (κ2) is 7.59. The molecule has 0 bridgehead atoms. The van der Waals surface area contributed by atoms with Gasteiger partial charge in [0, 0.05) is 18.5 Å². The number of esters is 1. The summed E-state index contributed by atoms with van der Waals surface area (Å²) in [5.41, 5.74) is 2.89. The van der Waals surface area contributed by atoms with Gasteiger partial charge in [0.15, 0.2) is 0 Å². The summed E-state index contributed by atoms with van der Waals surface area (Å²) in [6.45, 7) is 0.241. The highest BCUT2D eigenvalue weighted by molar-refractivity contribution is 5.85. The van der Waals surface area contributed by atoms with Gasteiger partial charge in [-0.05, 0) is 16.3 Å². The number of tetrazole rings is 1. The zero-order chi connectivity index (χ0) is 19.5. The summed E-state index contributed by atoms with van der Waals surface area (Å²) in [6.07, 6.45) is 0.425. The molecule has 0 aliphatic carbocycles. The molecule has 2 heterocycles. The molecule has 8 heteroatoms. The lowest BCUT2D eigenvalue weighted by molar-refractivity contribution is -0.154. The summed E-state index contributed by atoms with van der Waals surface area (Å²) in [6, 6.07) is 16.5. The van der Waals surface area contributed by atoms with Crippen molar-refractivity contribution in [2.45, 2.75) is 25.6 Å². The largest absolute Gasteiger partial charge is 0.467 e. The number of benzene rings is 2. The number of hydrogen-bond acceptors (Lipinski definition) is 6. The van der Waals surface area contributed by atoms with Gasteiger partial charge in [-0.1, -0.05) is 54.6 Å². The van der Waals surface area contributed by atoms with Crippen LogP contribution in [0.3, 0.4) is 0 Å². The molecule has 1 aliphatic heterocycles. The smallest absolute Gasteiger partial charge is 0.328 e. The van der Waals surface area contributed by atoms with Gasteiger partial charge in [0.2, 0.25) is 11.7 Å². The van der Waals surface area contributed by atoms with Crippen LogP contribution in [0.15, 0.2) is 54.6 Å². The predicted molar refractivity (Wildman–Crippen MR) is 99.8 cm³/mol. The average Bonchev–Trinajstić information content (AvgIpc) is 3.21. The third kappa shape index (κ3) is 3.48. The van der Waals surface area contributed by atoms with Gasteiger partial charge in [-0.2, -0.15) is 4.80 Å². The molecule has 0 fully saturated rings. The first-order valence-electron chi connectivity index (χ1n) is 8.93. The zero-order valence-corrected chi connectivity index (χ0v) is 15.4. The Bertz CT molecular complexity index is 1000. The Morgan fingerprint density at radius 2 is 1.79 bits per heavy atom. The van der Waals surface area contributed by atoms with Crippen molar-refractivity contribution in [3.05, 3.63) is 65.7 Å². The van der Waals surface area contributed by atoms with Gasteiger partial charge < -0.3 is 9.64 Å². The molecule has 3 aromatic rings. The van der Waals surface area contributed by atoms with E-state index in [0.717, 1.165) is 16.7 Å². The van der Waals surface area contributed by atoms with Gasteiger partial charge in [0.25, 0.3) is 0 Å². The van der Waals surface area contributed by atoms with Crippen molar-refractivity contribution in [3.63, 3.8) is 0 Å². The van der Waals surface area contributed by atoms with Crippen LogP contribution in [0, 0.1) is 0 Å². The third-order valence-corrected chi connectivity index (χ3v) is 4.80. The Morgan fingerprint density at radius 1 is 1.07 bits per heavy atom. The number of ether oxygens (including phenoxy) is 1. The van der Waals surface area contributed by atoms with Crippen LogP contribution in [0.25, 0.3) is 11.4 Å². The van der Waals surface area contributed by atoms with E-state index in [4.69, 9.17) is 4.74 Å². The Morgan fingerprint density at radius 3 is 2.54 bits per heavy atom. The summed E-state index contributed by atoms with van der Waals surface area (Å²) in [5.74, 6) is -0.247. The Balaban J connectivity index is 1.54. The van der Waals surface area contributed by atoms with E-state index >= 15 is 0 Å². The maximum absolute atomic E-state index is 12.9. The molecule has 1 aliphatic rings. The van der Waals surface area contributed by atoms with Crippen molar-refractivity contribution in [2.24, 2.45) is 0 Å². The van der Waals surface area contributed by atoms with Crippen LogP contribution in [0.4, 0.5) is 0 Å². The molecule has 0 unspecified atom stereocenters. The minimum absolute atomic E-state index is 0.102. The van der Waals surface area contributed by atoms with E-state index in [0.29, 0.717) is 18.8 Å². The number of rotatable bonds is 4. The summed E-state index contributed by atoms with van der Waals surface area (Å²) in [4.78, 5) is 28.0. The lowest BCUT2D eigenvalue weighted by Gasteiger charge is -2.35. The third-order valence-electron chi connectivity index (χ3n) is 4.80. The van der Waals surface area contributed by atoms with Gasteiger partial charge in [0.05, 0.1) is 7.11 Å². The van der Waals surface area contributed by atoms with Crippen molar-refractivity contribution in [3.8, 4) is 11.4 Å². The highest BCUT2D eigenvalue weighted by Gasteiger charge is 2.35. The molecule has 0 spiro atoms. The van der Waals surface area contributed by atoms with Crippen LogP contribution in [0.2, 0.25) is 0 Å². The Kier molecular flexibility index (Phi) is 4.84. The van der Waals surface area contributed by atoms with E-state index < -0.39 is 12.0 Å². The Labute approximate surface area is 161 Å². The van der Waals surface area contributed by atoms with E-state index in [2.05, 4.69) is 15.4 Å². The van der Waals surface area contributed by atoms with Gasteiger partial charge in [-0.3, -0.25) is 4.79 Å². The highest BCUT2D eigenvalue weighted by Crippen LogP contribution is 2.24. The van der Waals surface area contributed by atoms with Crippen molar-refractivity contribution in [1.82, 2.24) is 25.1 Å². The maximum atomic E-state index is 12.9. The molecule has 1 amide bonds. The molecule has 2 aromatic carbocycles. The second-order valence-corrected chi connectivity index (χ2v) is 6.54. The van der Waals surface area contributed by atoms with E-state index in [9.17, 15) is 9.59 Å². The lowest BCUT2D eigenvalue weighted by atomic mass is 9.94. The first kappa shape index (κ1) is 17.8. The minimum atomic E-state index is -0.662. The van der Waals surface area contributed by atoms with Gasteiger partial charge >= 0.3 is 5.97 Å². The molecule has 0 saturated heterocycles. The van der Waals surface area contributed by atoms with Crippen LogP contribution in [-0.4, -0.2) is 50.1 Å². The number of carbonyl (C=O) groups is 2. The Hall–Kier alpha value is -3.55. The molecule has 0 N–H and O–H groups in total. The minimum Gasteiger partial charge on any atom is -0.467 e. The summed E-state index contributed by atoms with van der Waals surface area (Å²) in [5, 5.41) is 12.3. The fraction of sp³-hybridized carbons (Fsp3) is 0.250. The SMILES string of the molecule is COC(=O)[C@@H]1Cc2ccccc2CN1C(=O)Cn1nnc(-c2ccccc2)n1. The van der Waals surface area contributed by atoms with Crippen molar-refractivity contribution >= 4 is 11.9 Å².